The summed E-state index contributed by atoms with van der Waals surface area (Å²) in [4.78, 5) is 8.95. The van der Waals surface area contributed by atoms with E-state index in [-0.39, 0.29) is 0 Å². The van der Waals surface area contributed by atoms with Gasteiger partial charge < -0.3 is 10.3 Å². The van der Waals surface area contributed by atoms with Gasteiger partial charge in [-0.25, -0.2) is 9.97 Å². The summed E-state index contributed by atoms with van der Waals surface area (Å²) in [7, 11) is 0. The molecule has 1 aromatic carbocycles. The summed E-state index contributed by atoms with van der Waals surface area (Å²) in [5.41, 5.74) is 9.84. The van der Waals surface area contributed by atoms with Crippen molar-refractivity contribution in [2.24, 2.45) is 0 Å². The zero-order valence-electron chi connectivity index (χ0n) is 11.2. The number of anilines is 1. The second-order valence-corrected chi connectivity index (χ2v) is 5.79. The average Bonchev–Trinajstić information content (AvgIpc) is 2.90. The molecule has 0 bridgehead atoms. The van der Waals surface area contributed by atoms with Gasteiger partial charge in [0.05, 0.1) is 16.7 Å². The number of nitrogen functional groups attached to an aromatic ring is 1. The van der Waals surface area contributed by atoms with E-state index in [1.165, 1.54) is 16.9 Å². The molecule has 4 nitrogen and oxygen atoms in total. The Kier molecular flexibility index (Phi) is 2.78. The van der Waals surface area contributed by atoms with Crippen molar-refractivity contribution in [3.05, 3.63) is 29.4 Å². The fourth-order valence-electron chi connectivity index (χ4n) is 2.45. The van der Waals surface area contributed by atoms with Crippen LogP contribution in [0.25, 0.3) is 22.3 Å². The van der Waals surface area contributed by atoms with Gasteiger partial charge in [-0.15, -0.1) is 11.3 Å². The third-order valence-corrected chi connectivity index (χ3v) is 3.87. The number of thiazole rings is 1. The van der Waals surface area contributed by atoms with Crippen molar-refractivity contribution in [3.8, 4) is 11.3 Å². The van der Waals surface area contributed by atoms with E-state index >= 15 is 0 Å². The van der Waals surface area contributed by atoms with Crippen LogP contribution in [-0.2, 0) is 0 Å². The Bertz CT molecular complexity index is 739. The van der Waals surface area contributed by atoms with Crippen molar-refractivity contribution in [2.75, 3.05) is 5.73 Å². The highest BCUT2D eigenvalue weighted by Gasteiger charge is 2.11. The van der Waals surface area contributed by atoms with E-state index in [1.807, 2.05) is 12.3 Å². The van der Waals surface area contributed by atoms with Crippen molar-refractivity contribution in [1.82, 2.24) is 14.5 Å². The molecule has 2 aromatic heterocycles. The van der Waals surface area contributed by atoms with Crippen molar-refractivity contribution >= 4 is 27.5 Å². The van der Waals surface area contributed by atoms with Crippen molar-refractivity contribution < 1.29 is 0 Å². The highest BCUT2D eigenvalue weighted by Crippen LogP contribution is 2.28. The van der Waals surface area contributed by atoms with Crippen molar-refractivity contribution in [1.29, 1.82) is 0 Å². The van der Waals surface area contributed by atoms with E-state index in [1.54, 1.807) is 0 Å². The molecular weight excluding hydrogens is 256 g/mol. The molecule has 0 fully saturated rings. The van der Waals surface area contributed by atoms with Crippen LogP contribution >= 0.6 is 11.3 Å². The minimum Gasteiger partial charge on any atom is -0.375 e. The number of fused-ring (bicyclic) bond motifs is 1. The van der Waals surface area contributed by atoms with Crippen LogP contribution < -0.4 is 5.73 Å². The number of hydrogen-bond donors (Lipinski definition) is 1. The summed E-state index contributed by atoms with van der Waals surface area (Å²) in [6.07, 6.45) is 0. The number of aryl methyl sites for hydroxylation is 1. The van der Waals surface area contributed by atoms with Gasteiger partial charge in [-0.2, -0.15) is 0 Å². The zero-order chi connectivity index (χ0) is 13.6. The van der Waals surface area contributed by atoms with Crippen molar-refractivity contribution in [3.63, 3.8) is 0 Å². The maximum atomic E-state index is 5.68. The van der Waals surface area contributed by atoms with Crippen LogP contribution in [-0.4, -0.2) is 14.5 Å². The summed E-state index contributed by atoms with van der Waals surface area (Å²) in [6, 6.07) is 6.68. The SMILES string of the molecule is Cc1nc2cc(-c3csc(N)n3)ccc2n1C(C)C. The first-order chi connectivity index (χ1) is 9.06. The first-order valence-corrected chi connectivity index (χ1v) is 7.14. The van der Waals surface area contributed by atoms with Gasteiger partial charge in [-0.1, -0.05) is 6.07 Å². The van der Waals surface area contributed by atoms with Crippen LogP contribution in [0.1, 0.15) is 25.7 Å². The molecule has 5 heteroatoms. The lowest BCUT2D eigenvalue weighted by Gasteiger charge is -2.10. The van der Waals surface area contributed by atoms with Crippen molar-refractivity contribution in [2.45, 2.75) is 26.8 Å². The molecule has 0 saturated heterocycles. The van der Waals surface area contributed by atoms with Crippen LogP contribution in [0.15, 0.2) is 23.6 Å². The van der Waals surface area contributed by atoms with Crippen LogP contribution in [0.5, 0.6) is 0 Å². The number of nitrogens with two attached hydrogens (primary N) is 1. The largest absolute Gasteiger partial charge is 0.375 e. The molecule has 0 aliphatic carbocycles. The Morgan fingerprint density at radius 3 is 2.68 bits per heavy atom. The molecule has 0 amide bonds. The molecule has 0 radical (unpaired) electrons. The summed E-state index contributed by atoms with van der Waals surface area (Å²) in [6.45, 7) is 6.38. The van der Waals surface area contributed by atoms with E-state index in [2.05, 4.69) is 46.6 Å². The quantitative estimate of drug-likeness (QED) is 0.775. The van der Waals surface area contributed by atoms with Gasteiger partial charge in [0.25, 0.3) is 0 Å². The molecule has 0 atom stereocenters. The summed E-state index contributed by atoms with van der Waals surface area (Å²) in [5, 5.41) is 2.57. The molecule has 0 aliphatic heterocycles. The normalized spacial score (nSPS) is 11.6. The molecule has 98 valence electrons. The molecule has 0 unspecified atom stereocenters. The first-order valence-electron chi connectivity index (χ1n) is 6.26. The zero-order valence-corrected chi connectivity index (χ0v) is 12.0. The predicted molar refractivity (Wildman–Crippen MR) is 80.4 cm³/mol. The number of nitrogens with zero attached hydrogens (tertiary/aromatic N) is 3. The minimum absolute atomic E-state index is 0.408. The van der Waals surface area contributed by atoms with Gasteiger partial charge in [-0.3, -0.25) is 0 Å². The van der Waals surface area contributed by atoms with Gasteiger partial charge >= 0.3 is 0 Å². The minimum atomic E-state index is 0.408. The lowest BCUT2D eigenvalue weighted by atomic mass is 10.1. The molecule has 0 spiro atoms. The maximum Gasteiger partial charge on any atom is 0.180 e. The second kappa shape index (κ2) is 4.35. The van der Waals surface area contributed by atoms with Crippen LogP contribution in [0.3, 0.4) is 0 Å². The number of imidazole rings is 1. The van der Waals surface area contributed by atoms with E-state index in [4.69, 9.17) is 5.73 Å². The highest BCUT2D eigenvalue weighted by atomic mass is 32.1. The van der Waals surface area contributed by atoms with Gasteiger partial charge in [0, 0.05) is 17.0 Å². The van der Waals surface area contributed by atoms with Gasteiger partial charge in [0.1, 0.15) is 5.82 Å². The van der Waals surface area contributed by atoms with Crippen LogP contribution in [0.2, 0.25) is 0 Å². The fraction of sp³-hybridized carbons (Fsp3) is 0.286. The second-order valence-electron chi connectivity index (χ2n) is 4.90. The molecule has 2 heterocycles. The topological polar surface area (TPSA) is 56.7 Å². The Morgan fingerprint density at radius 2 is 2.05 bits per heavy atom. The van der Waals surface area contributed by atoms with Crippen LogP contribution in [0, 0.1) is 6.92 Å². The van der Waals surface area contributed by atoms with Gasteiger partial charge in [-0.05, 0) is 32.9 Å². The predicted octanol–water partition coefficient (Wildman–Crippen LogP) is 3.63. The van der Waals surface area contributed by atoms with Crippen LogP contribution in [0.4, 0.5) is 5.13 Å². The van der Waals surface area contributed by atoms with E-state index in [9.17, 15) is 0 Å². The average molecular weight is 272 g/mol. The number of rotatable bonds is 2. The Labute approximate surface area is 115 Å². The highest BCUT2D eigenvalue weighted by molar-refractivity contribution is 7.13. The fourth-order valence-corrected chi connectivity index (χ4v) is 3.02. The third-order valence-electron chi connectivity index (χ3n) is 3.20. The summed E-state index contributed by atoms with van der Waals surface area (Å²) >= 11 is 1.46. The number of hydrogen-bond acceptors (Lipinski definition) is 4. The number of benzene rings is 1. The van der Waals surface area contributed by atoms with E-state index < -0.39 is 0 Å². The number of aromatic nitrogens is 3. The Hall–Kier alpha value is -1.88. The smallest absolute Gasteiger partial charge is 0.180 e. The Morgan fingerprint density at radius 1 is 1.26 bits per heavy atom. The molecule has 3 aromatic rings. The maximum absolute atomic E-state index is 5.68. The standard InChI is InChI=1S/C14H16N4S/c1-8(2)18-9(3)16-11-6-10(4-5-13(11)18)12-7-19-14(15)17-12/h4-8H,1-3H3,(H2,15,17). The Balaban J connectivity index is 2.17. The van der Waals surface area contributed by atoms with E-state index in [0.29, 0.717) is 11.2 Å². The lowest BCUT2D eigenvalue weighted by molar-refractivity contribution is 0.600. The molecule has 19 heavy (non-hydrogen) atoms. The monoisotopic (exact) mass is 272 g/mol. The molecule has 2 N–H and O–H groups in total. The van der Waals surface area contributed by atoms with E-state index in [0.717, 1.165) is 22.6 Å². The summed E-state index contributed by atoms with van der Waals surface area (Å²) in [5.74, 6) is 1.04. The molecule has 0 saturated carbocycles. The lowest BCUT2D eigenvalue weighted by Crippen LogP contribution is -2.02. The molecule has 0 aliphatic rings. The van der Waals surface area contributed by atoms with Gasteiger partial charge in [0.2, 0.25) is 0 Å². The van der Waals surface area contributed by atoms with Gasteiger partial charge in [0.15, 0.2) is 5.13 Å². The third kappa shape index (κ3) is 2.00. The summed E-state index contributed by atoms with van der Waals surface area (Å²) < 4.78 is 2.24. The molecule has 3 rings (SSSR count). The molecular formula is C14H16N4S. The first kappa shape index (κ1) is 12.2.